The standard InChI is InChI=1S/C33H39F7N4O4/c1-31(2,3)48-29(46)41-24-12-8-20(9-13-24)28(45)44-17-26(19-6-10-23(34)11-7-19)27(18-44)43(5)30(47)42(4)25-15-21(32(35,36)37)14-22(16-25)33(38,39)40/h6-7,10-11,14-16,20,24,26-27H,8-9,12-13,17-18H2,1-5H3,(H,41,46)/t20-,24+,26-,27+/m0/s1. The van der Waals surface area contributed by atoms with Crippen LogP contribution in [-0.4, -0.2) is 72.7 Å². The fourth-order valence-electron chi connectivity index (χ4n) is 6.23. The van der Waals surface area contributed by atoms with Crippen LogP contribution in [0.2, 0.25) is 0 Å². The Bertz CT molecular complexity index is 1450. The number of ether oxygens (including phenoxy) is 1. The SMILES string of the molecule is CN(C(=O)N(C)[C@@H]1CN(C(=O)[C@H]2CC[C@@H](NC(=O)OC(C)(C)C)CC2)C[C@H]1c1ccc(F)cc1)c1cc(C(F)(F)F)cc(C(F)(F)F)c1. The number of likely N-dealkylation sites (N-methyl/N-ethyl adjacent to an activating group) is 1. The Labute approximate surface area is 274 Å². The monoisotopic (exact) mass is 688 g/mol. The summed E-state index contributed by atoms with van der Waals surface area (Å²) in [7, 11) is 2.43. The minimum atomic E-state index is -5.10. The number of carbonyl (C=O) groups is 3. The van der Waals surface area contributed by atoms with Crippen molar-refractivity contribution in [1.82, 2.24) is 15.1 Å². The van der Waals surface area contributed by atoms with Crippen molar-refractivity contribution in [3.63, 3.8) is 0 Å². The summed E-state index contributed by atoms with van der Waals surface area (Å²) in [6.45, 7) is 5.44. The lowest BCUT2D eigenvalue weighted by atomic mass is 9.85. The summed E-state index contributed by atoms with van der Waals surface area (Å²) in [5.74, 6) is -1.59. The molecule has 1 saturated carbocycles. The van der Waals surface area contributed by atoms with Gasteiger partial charge in [-0.3, -0.25) is 9.69 Å². The lowest BCUT2D eigenvalue weighted by Gasteiger charge is -2.33. The van der Waals surface area contributed by atoms with Gasteiger partial charge in [-0.2, -0.15) is 26.3 Å². The number of likely N-dealkylation sites (tertiary alicyclic amines) is 1. The zero-order chi connectivity index (χ0) is 35.8. The lowest BCUT2D eigenvalue weighted by molar-refractivity contribution is -0.143. The minimum Gasteiger partial charge on any atom is -0.444 e. The first-order valence-electron chi connectivity index (χ1n) is 15.5. The maximum atomic E-state index is 13.8. The molecule has 1 saturated heterocycles. The second-order valence-electron chi connectivity index (χ2n) is 13.4. The van der Waals surface area contributed by atoms with E-state index < -0.39 is 64.7 Å². The molecule has 2 aliphatic rings. The van der Waals surface area contributed by atoms with Crippen LogP contribution in [0.1, 0.15) is 69.1 Å². The molecule has 2 fully saturated rings. The predicted molar refractivity (Wildman–Crippen MR) is 163 cm³/mol. The molecule has 1 aliphatic carbocycles. The van der Waals surface area contributed by atoms with Gasteiger partial charge < -0.3 is 19.9 Å². The number of rotatable bonds is 5. The zero-order valence-corrected chi connectivity index (χ0v) is 27.2. The molecule has 264 valence electrons. The van der Waals surface area contributed by atoms with E-state index in [0.29, 0.717) is 48.3 Å². The highest BCUT2D eigenvalue weighted by Crippen LogP contribution is 2.39. The van der Waals surface area contributed by atoms with Gasteiger partial charge in [0.2, 0.25) is 5.91 Å². The summed E-state index contributed by atoms with van der Waals surface area (Å²) in [5.41, 5.74) is -3.80. The third-order valence-electron chi connectivity index (χ3n) is 8.74. The maximum Gasteiger partial charge on any atom is 0.416 e. The van der Waals surface area contributed by atoms with Crippen LogP contribution in [0, 0.1) is 11.7 Å². The van der Waals surface area contributed by atoms with E-state index in [2.05, 4.69) is 5.32 Å². The average Bonchev–Trinajstić information content (AvgIpc) is 3.44. The minimum absolute atomic E-state index is 0.0162. The number of hydrogen-bond acceptors (Lipinski definition) is 4. The van der Waals surface area contributed by atoms with Gasteiger partial charge in [0.1, 0.15) is 11.4 Å². The Morgan fingerprint density at radius 1 is 0.833 bits per heavy atom. The van der Waals surface area contributed by atoms with Crippen molar-refractivity contribution in [2.24, 2.45) is 5.92 Å². The van der Waals surface area contributed by atoms with Gasteiger partial charge in [0.25, 0.3) is 0 Å². The summed E-state index contributed by atoms with van der Waals surface area (Å²) < 4.78 is 100. The third-order valence-corrected chi connectivity index (χ3v) is 8.74. The second-order valence-corrected chi connectivity index (χ2v) is 13.4. The first-order valence-corrected chi connectivity index (χ1v) is 15.5. The average molecular weight is 689 g/mol. The molecule has 0 aromatic heterocycles. The highest BCUT2D eigenvalue weighted by Gasteiger charge is 2.43. The van der Waals surface area contributed by atoms with Crippen LogP contribution in [0.25, 0.3) is 0 Å². The maximum absolute atomic E-state index is 13.8. The normalized spacial score (nSPS) is 21.9. The van der Waals surface area contributed by atoms with Gasteiger partial charge in [-0.1, -0.05) is 12.1 Å². The van der Waals surface area contributed by atoms with Gasteiger partial charge in [-0.25, -0.2) is 14.0 Å². The fraction of sp³-hybridized carbons (Fsp3) is 0.545. The number of anilines is 1. The first-order chi connectivity index (χ1) is 22.1. The number of halogens is 7. The number of alkyl carbamates (subject to hydrolysis) is 1. The number of hydrogen-bond donors (Lipinski definition) is 1. The molecule has 0 bridgehead atoms. The highest BCUT2D eigenvalue weighted by atomic mass is 19.4. The molecule has 2 aromatic carbocycles. The molecular weight excluding hydrogens is 649 g/mol. The Hall–Kier alpha value is -4.04. The summed E-state index contributed by atoms with van der Waals surface area (Å²) in [6, 6.07) is 4.59. The van der Waals surface area contributed by atoms with Gasteiger partial charge in [-0.15, -0.1) is 0 Å². The second kappa shape index (κ2) is 13.8. The molecule has 2 atom stereocenters. The Morgan fingerprint density at radius 3 is 1.88 bits per heavy atom. The number of nitrogens with one attached hydrogen (secondary N) is 1. The number of urea groups is 1. The molecule has 0 spiro atoms. The molecule has 15 heteroatoms. The van der Waals surface area contributed by atoms with Crippen molar-refractivity contribution in [3.05, 3.63) is 65.0 Å². The van der Waals surface area contributed by atoms with Crippen LogP contribution in [0.4, 0.5) is 46.0 Å². The summed E-state index contributed by atoms with van der Waals surface area (Å²) in [6.07, 6.45) is -8.71. The van der Waals surface area contributed by atoms with Gasteiger partial charge in [0.05, 0.1) is 17.2 Å². The smallest absolute Gasteiger partial charge is 0.416 e. The third kappa shape index (κ3) is 8.90. The quantitative estimate of drug-likeness (QED) is 0.332. The summed E-state index contributed by atoms with van der Waals surface area (Å²) in [4.78, 5) is 43.1. The zero-order valence-electron chi connectivity index (χ0n) is 27.2. The molecule has 0 radical (unpaired) electrons. The van der Waals surface area contributed by atoms with Crippen LogP contribution in [0.3, 0.4) is 0 Å². The molecule has 4 rings (SSSR count). The Kier molecular flexibility index (Phi) is 10.6. The van der Waals surface area contributed by atoms with E-state index in [1.54, 1.807) is 25.7 Å². The number of carbonyl (C=O) groups excluding carboxylic acids is 3. The van der Waals surface area contributed by atoms with E-state index in [9.17, 15) is 45.1 Å². The van der Waals surface area contributed by atoms with Crippen molar-refractivity contribution < 1.29 is 49.9 Å². The van der Waals surface area contributed by atoms with E-state index in [-0.39, 0.29) is 37.0 Å². The summed E-state index contributed by atoms with van der Waals surface area (Å²) in [5, 5.41) is 2.83. The lowest BCUT2D eigenvalue weighted by Crippen LogP contribution is -2.48. The van der Waals surface area contributed by atoms with Gasteiger partial charge in [0, 0.05) is 50.7 Å². The van der Waals surface area contributed by atoms with Crippen LogP contribution < -0.4 is 10.2 Å². The molecule has 48 heavy (non-hydrogen) atoms. The number of nitrogens with zero attached hydrogens (tertiary/aromatic N) is 3. The van der Waals surface area contributed by atoms with Gasteiger partial charge in [0.15, 0.2) is 0 Å². The van der Waals surface area contributed by atoms with E-state index in [1.807, 2.05) is 0 Å². The fourth-order valence-corrected chi connectivity index (χ4v) is 6.23. The van der Waals surface area contributed by atoms with E-state index in [4.69, 9.17) is 4.74 Å². The number of benzene rings is 2. The Balaban J connectivity index is 1.53. The predicted octanol–water partition coefficient (Wildman–Crippen LogP) is 7.43. The van der Waals surface area contributed by atoms with Crippen LogP contribution in [0.5, 0.6) is 0 Å². The molecule has 0 unspecified atom stereocenters. The molecule has 2 aromatic rings. The largest absolute Gasteiger partial charge is 0.444 e. The summed E-state index contributed by atoms with van der Waals surface area (Å²) >= 11 is 0. The molecule has 8 nitrogen and oxygen atoms in total. The molecule has 1 aliphatic heterocycles. The van der Waals surface area contributed by atoms with E-state index in [1.165, 1.54) is 36.2 Å². The van der Waals surface area contributed by atoms with Crippen molar-refractivity contribution in [1.29, 1.82) is 0 Å². The van der Waals surface area contributed by atoms with Crippen LogP contribution >= 0.6 is 0 Å². The topological polar surface area (TPSA) is 82.2 Å². The first kappa shape index (κ1) is 36.8. The molecule has 4 amide bonds. The van der Waals surface area contributed by atoms with Gasteiger partial charge >= 0.3 is 24.5 Å². The highest BCUT2D eigenvalue weighted by molar-refractivity contribution is 5.92. The van der Waals surface area contributed by atoms with Gasteiger partial charge in [-0.05, 0) is 82.3 Å². The number of amides is 4. The molecule has 1 N–H and O–H groups in total. The van der Waals surface area contributed by atoms with Crippen LogP contribution in [0.15, 0.2) is 42.5 Å². The van der Waals surface area contributed by atoms with E-state index in [0.717, 1.165) is 7.05 Å². The Morgan fingerprint density at radius 2 is 1.38 bits per heavy atom. The van der Waals surface area contributed by atoms with Crippen molar-refractivity contribution >= 4 is 23.7 Å². The van der Waals surface area contributed by atoms with E-state index >= 15 is 0 Å². The molecule has 1 heterocycles. The van der Waals surface area contributed by atoms with Crippen molar-refractivity contribution in [3.8, 4) is 0 Å². The molecular formula is C33H39F7N4O4. The van der Waals surface area contributed by atoms with Crippen LogP contribution in [-0.2, 0) is 21.9 Å². The van der Waals surface area contributed by atoms with Crippen molar-refractivity contribution in [2.45, 2.75) is 82.4 Å². The van der Waals surface area contributed by atoms with Crippen molar-refractivity contribution in [2.75, 3.05) is 32.1 Å². The number of alkyl halides is 6.